The van der Waals surface area contributed by atoms with Gasteiger partial charge >= 0.3 is 0 Å². The van der Waals surface area contributed by atoms with Gasteiger partial charge in [0.2, 0.25) is 0 Å². The second-order valence-corrected chi connectivity index (χ2v) is 5.83. The third-order valence-electron chi connectivity index (χ3n) is 3.83. The van der Waals surface area contributed by atoms with Crippen molar-refractivity contribution in [2.24, 2.45) is 18.0 Å². The van der Waals surface area contributed by atoms with E-state index in [1.165, 1.54) is 0 Å². The molecule has 0 aliphatic carbocycles. The van der Waals surface area contributed by atoms with Gasteiger partial charge in [0.1, 0.15) is 12.1 Å². The van der Waals surface area contributed by atoms with E-state index >= 15 is 0 Å². The molecule has 23 heavy (non-hydrogen) atoms. The molecule has 0 aromatic carbocycles. The van der Waals surface area contributed by atoms with Gasteiger partial charge in [-0.3, -0.25) is 9.67 Å². The highest BCUT2D eigenvalue weighted by atomic mass is 15.3. The summed E-state index contributed by atoms with van der Waals surface area (Å²) in [6.07, 6.45) is 3.32. The molecular formula is C15H26N8. The quantitative estimate of drug-likeness (QED) is 0.418. The van der Waals surface area contributed by atoms with E-state index in [-0.39, 0.29) is 0 Å². The Labute approximate surface area is 136 Å². The molecule has 3 N–H and O–H groups in total. The molecule has 2 aromatic heterocycles. The van der Waals surface area contributed by atoms with Crippen molar-refractivity contribution in [3.63, 3.8) is 0 Å². The normalized spacial score (nSPS) is 13.4. The van der Waals surface area contributed by atoms with Gasteiger partial charge in [-0.15, -0.1) is 0 Å². The monoisotopic (exact) mass is 318 g/mol. The summed E-state index contributed by atoms with van der Waals surface area (Å²) in [6.45, 7) is 7.96. The molecule has 0 spiro atoms. The number of aryl methyl sites for hydroxylation is 1. The highest BCUT2D eigenvalue weighted by molar-refractivity contribution is 5.86. The minimum Gasteiger partial charge on any atom is -0.368 e. The van der Waals surface area contributed by atoms with E-state index < -0.39 is 0 Å². The molecule has 8 nitrogen and oxygen atoms in total. The molecule has 0 saturated carbocycles. The Morgan fingerprint density at radius 1 is 1.26 bits per heavy atom. The molecule has 2 aromatic rings. The molecule has 0 aliphatic heterocycles. The van der Waals surface area contributed by atoms with E-state index in [1.807, 2.05) is 7.05 Å². The largest absolute Gasteiger partial charge is 0.368 e. The van der Waals surface area contributed by atoms with Crippen LogP contribution in [0.4, 0.5) is 5.82 Å². The summed E-state index contributed by atoms with van der Waals surface area (Å²) in [5, 5.41) is 15.1. The average Bonchev–Trinajstić information content (AvgIpc) is 2.92. The molecular weight excluding hydrogens is 292 g/mol. The minimum atomic E-state index is 0.367. The third-order valence-corrected chi connectivity index (χ3v) is 3.83. The maximum absolute atomic E-state index is 4.28. The lowest BCUT2D eigenvalue weighted by atomic mass is 10.1. The molecule has 0 aliphatic rings. The first-order valence-corrected chi connectivity index (χ1v) is 7.86. The van der Waals surface area contributed by atoms with Gasteiger partial charge < -0.3 is 16.0 Å². The van der Waals surface area contributed by atoms with Crippen molar-refractivity contribution in [3.05, 3.63) is 12.5 Å². The fraction of sp³-hybridized carbons (Fsp3) is 0.600. The number of aromatic nitrogens is 4. The lowest BCUT2D eigenvalue weighted by molar-refractivity contribution is 0.481. The number of nitrogens with one attached hydrogen (secondary N) is 3. The van der Waals surface area contributed by atoms with Crippen LogP contribution in [0.15, 0.2) is 17.5 Å². The highest BCUT2D eigenvalue weighted by Gasteiger charge is 2.09. The van der Waals surface area contributed by atoms with Crippen LogP contribution >= 0.6 is 0 Å². The summed E-state index contributed by atoms with van der Waals surface area (Å²) >= 11 is 0. The highest BCUT2D eigenvalue weighted by Crippen LogP contribution is 2.16. The van der Waals surface area contributed by atoms with Gasteiger partial charge in [-0.05, 0) is 12.8 Å². The van der Waals surface area contributed by atoms with Gasteiger partial charge in [-0.25, -0.2) is 9.97 Å². The molecule has 0 radical (unpaired) electrons. The van der Waals surface area contributed by atoms with Crippen LogP contribution in [0.3, 0.4) is 0 Å². The Morgan fingerprint density at radius 2 is 2.04 bits per heavy atom. The zero-order valence-electron chi connectivity index (χ0n) is 14.5. The van der Waals surface area contributed by atoms with Crippen LogP contribution in [0.2, 0.25) is 0 Å². The number of fused-ring (bicyclic) bond motifs is 1. The molecule has 8 heteroatoms. The predicted molar refractivity (Wildman–Crippen MR) is 93.6 cm³/mol. The van der Waals surface area contributed by atoms with Crippen LogP contribution in [0.25, 0.3) is 11.0 Å². The number of nitrogens with zero attached hydrogens (tertiary/aromatic N) is 5. The van der Waals surface area contributed by atoms with Crippen LogP contribution < -0.4 is 16.0 Å². The lowest BCUT2D eigenvalue weighted by Gasteiger charge is -2.20. The van der Waals surface area contributed by atoms with Gasteiger partial charge in [0.05, 0.1) is 11.6 Å². The zero-order valence-corrected chi connectivity index (χ0v) is 14.5. The molecule has 0 saturated heterocycles. The molecule has 0 fully saturated rings. The van der Waals surface area contributed by atoms with Gasteiger partial charge in [0.15, 0.2) is 11.6 Å². The van der Waals surface area contributed by atoms with Crippen molar-refractivity contribution in [3.8, 4) is 0 Å². The number of rotatable bonds is 6. The number of hydrogen-bond acceptors (Lipinski definition) is 5. The average molecular weight is 318 g/mol. The van der Waals surface area contributed by atoms with Crippen LogP contribution in [0.5, 0.6) is 0 Å². The second-order valence-electron chi connectivity index (χ2n) is 5.83. The van der Waals surface area contributed by atoms with Crippen molar-refractivity contribution in [2.45, 2.75) is 26.8 Å². The van der Waals surface area contributed by atoms with E-state index in [9.17, 15) is 0 Å². The number of hydrogen-bond donors (Lipinski definition) is 3. The van der Waals surface area contributed by atoms with Crippen molar-refractivity contribution in [1.29, 1.82) is 0 Å². The first-order valence-electron chi connectivity index (χ1n) is 7.86. The molecule has 2 rings (SSSR count). The summed E-state index contributed by atoms with van der Waals surface area (Å²) in [6, 6.07) is 0.367. The Balaban J connectivity index is 1.84. The molecule has 0 amide bonds. The zero-order chi connectivity index (χ0) is 16.8. The molecule has 126 valence electrons. The van der Waals surface area contributed by atoms with E-state index in [4.69, 9.17) is 0 Å². The van der Waals surface area contributed by atoms with E-state index in [2.05, 4.69) is 56.8 Å². The Morgan fingerprint density at radius 3 is 2.74 bits per heavy atom. The molecule has 1 atom stereocenters. The van der Waals surface area contributed by atoms with Gasteiger partial charge in [0, 0.05) is 33.2 Å². The number of guanidine groups is 1. The van der Waals surface area contributed by atoms with Crippen LogP contribution in [0.1, 0.15) is 20.8 Å². The van der Waals surface area contributed by atoms with Crippen LogP contribution in [-0.2, 0) is 7.05 Å². The van der Waals surface area contributed by atoms with Crippen molar-refractivity contribution in [2.75, 3.05) is 25.5 Å². The number of aliphatic imine (C=N–C) groups is 1. The Bertz CT molecular complexity index is 661. The molecule has 0 bridgehead atoms. The Kier molecular flexibility index (Phi) is 5.72. The fourth-order valence-corrected chi connectivity index (χ4v) is 2.04. The summed E-state index contributed by atoms with van der Waals surface area (Å²) < 4.78 is 1.74. The maximum Gasteiger partial charge on any atom is 0.191 e. The van der Waals surface area contributed by atoms with Gasteiger partial charge in [0.25, 0.3) is 0 Å². The van der Waals surface area contributed by atoms with Crippen molar-refractivity contribution < 1.29 is 0 Å². The standard InChI is InChI=1S/C15H26N8/c1-10(2)11(3)22-15(16-4)18-7-6-17-13-12-8-21-23(5)14(12)20-9-19-13/h8-11H,6-7H2,1-5H3,(H2,16,18,22)(H,17,19,20). The first kappa shape index (κ1) is 17.0. The van der Waals surface area contributed by atoms with Crippen molar-refractivity contribution in [1.82, 2.24) is 30.4 Å². The van der Waals surface area contributed by atoms with E-state index in [0.29, 0.717) is 12.0 Å². The fourth-order valence-electron chi connectivity index (χ4n) is 2.04. The summed E-state index contributed by atoms with van der Waals surface area (Å²) in [5.74, 6) is 2.15. The molecule has 2 heterocycles. The number of anilines is 1. The second kappa shape index (κ2) is 7.75. The SMILES string of the molecule is CN=C(NCCNc1ncnc2c1cnn2C)NC(C)C(C)C. The summed E-state index contributed by atoms with van der Waals surface area (Å²) in [5.41, 5.74) is 0.818. The smallest absolute Gasteiger partial charge is 0.191 e. The third kappa shape index (κ3) is 4.30. The minimum absolute atomic E-state index is 0.367. The van der Waals surface area contributed by atoms with Crippen molar-refractivity contribution >= 4 is 22.8 Å². The summed E-state index contributed by atoms with van der Waals surface area (Å²) in [7, 11) is 3.64. The Hall–Kier alpha value is -2.38. The first-order chi connectivity index (χ1) is 11.0. The van der Waals surface area contributed by atoms with Gasteiger partial charge in [-0.1, -0.05) is 13.8 Å². The lowest BCUT2D eigenvalue weighted by Crippen LogP contribution is -2.45. The summed E-state index contributed by atoms with van der Waals surface area (Å²) in [4.78, 5) is 12.7. The predicted octanol–water partition coefficient (Wildman–Crippen LogP) is 0.985. The van der Waals surface area contributed by atoms with Crippen LogP contribution in [-0.4, -0.2) is 51.9 Å². The van der Waals surface area contributed by atoms with Gasteiger partial charge in [-0.2, -0.15) is 5.10 Å². The van der Waals surface area contributed by atoms with E-state index in [1.54, 1.807) is 24.3 Å². The topological polar surface area (TPSA) is 92.1 Å². The van der Waals surface area contributed by atoms with Crippen LogP contribution in [0, 0.1) is 5.92 Å². The molecule has 1 unspecified atom stereocenters. The van der Waals surface area contributed by atoms with E-state index in [0.717, 1.165) is 35.9 Å². The maximum atomic E-state index is 4.28.